The van der Waals surface area contributed by atoms with E-state index in [1.165, 1.54) is 12.3 Å². The Hall–Kier alpha value is -1.06. The van der Waals surface area contributed by atoms with E-state index in [1.54, 1.807) is 0 Å². The highest BCUT2D eigenvalue weighted by Gasteiger charge is 2.32. The van der Waals surface area contributed by atoms with E-state index in [9.17, 15) is 13.2 Å². The summed E-state index contributed by atoms with van der Waals surface area (Å²) in [6.07, 6.45) is -1.30. The van der Waals surface area contributed by atoms with Crippen LogP contribution in [0.5, 0.6) is 0 Å². The lowest BCUT2D eigenvalue weighted by Gasteiger charge is -2.22. The van der Waals surface area contributed by atoms with Gasteiger partial charge in [0.25, 0.3) is 0 Å². The maximum atomic E-state index is 12.3. The molecule has 0 saturated carbocycles. The third-order valence-electron chi connectivity index (χ3n) is 2.75. The van der Waals surface area contributed by atoms with Gasteiger partial charge in [-0.1, -0.05) is 33.3 Å². The van der Waals surface area contributed by atoms with Crippen molar-refractivity contribution in [3.05, 3.63) is 29.6 Å². The predicted molar refractivity (Wildman–Crippen MR) is 57.0 cm³/mol. The van der Waals surface area contributed by atoms with Crippen molar-refractivity contribution in [1.29, 1.82) is 0 Å². The first-order chi connectivity index (χ1) is 7.24. The Balaban J connectivity index is 2.80. The second-order valence-electron chi connectivity index (χ2n) is 4.74. The molecular formula is C12H16F3N. The van der Waals surface area contributed by atoms with Gasteiger partial charge in [0.2, 0.25) is 0 Å². The summed E-state index contributed by atoms with van der Waals surface area (Å²) in [5.41, 5.74) is 0.118. The van der Waals surface area contributed by atoms with Crippen molar-refractivity contribution in [2.45, 2.75) is 39.8 Å². The predicted octanol–water partition coefficient (Wildman–Crippen LogP) is 4.08. The average Bonchev–Trinajstić information content (AvgIpc) is 2.16. The molecule has 0 bridgehead atoms. The molecule has 1 aromatic heterocycles. The third kappa shape index (κ3) is 3.51. The molecule has 1 aromatic rings. The lowest BCUT2D eigenvalue weighted by molar-refractivity contribution is -0.141. The molecule has 0 aromatic carbocycles. The van der Waals surface area contributed by atoms with E-state index >= 15 is 0 Å². The van der Waals surface area contributed by atoms with Gasteiger partial charge in [-0.3, -0.25) is 4.98 Å². The van der Waals surface area contributed by atoms with E-state index < -0.39 is 11.9 Å². The largest absolute Gasteiger partial charge is 0.433 e. The highest BCUT2D eigenvalue weighted by atomic mass is 19.4. The third-order valence-corrected chi connectivity index (χ3v) is 2.75. The van der Waals surface area contributed by atoms with Crippen LogP contribution in [-0.2, 0) is 12.6 Å². The topological polar surface area (TPSA) is 12.9 Å². The number of hydrogen-bond donors (Lipinski definition) is 0. The molecule has 0 aliphatic rings. The Kier molecular flexibility index (Phi) is 3.61. The van der Waals surface area contributed by atoms with Crippen LogP contribution >= 0.6 is 0 Å². The summed E-state index contributed by atoms with van der Waals surface area (Å²) in [6, 6.07) is 2.55. The van der Waals surface area contributed by atoms with Crippen molar-refractivity contribution in [3.63, 3.8) is 0 Å². The van der Waals surface area contributed by atoms with Crippen molar-refractivity contribution < 1.29 is 13.2 Å². The van der Waals surface area contributed by atoms with Gasteiger partial charge in [0.05, 0.1) is 0 Å². The Morgan fingerprint density at radius 2 is 1.81 bits per heavy atom. The van der Waals surface area contributed by atoms with Crippen LogP contribution in [0.2, 0.25) is 0 Å². The molecule has 0 amide bonds. The lowest BCUT2D eigenvalue weighted by Crippen LogP contribution is -2.14. The summed E-state index contributed by atoms with van der Waals surface area (Å²) in [7, 11) is 0. The fourth-order valence-electron chi connectivity index (χ4n) is 1.37. The molecular weight excluding hydrogens is 215 g/mol. The molecule has 0 atom stereocenters. The fourth-order valence-corrected chi connectivity index (χ4v) is 1.37. The minimum atomic E-state index is -4.35. The molecule has 0 N–H and O–H groups in total. The smallest absolute Gasteiger partial charge is 0.252 e. The van der Waals surface area contributed by atoms with Crippen LogP contribution in [0, 0.1) is 5.41 Å². The van der Waals surface area contributed by atoms with Crippen LogP contribution in [0.3, 0.4) is 0 Å². The summed E-state index contributed by atoms with van der Waals surface area (Å²) in [4.78, 5) is 3.44. The van der Waals surface area contributed by atoms with Gasteiger partial charge in [-0.25, -0.2) is 0 Å². The minimum Gasteiger partial charge on any atom is -0.252 e. The van der Waals surface area contributed by atoms with Crippen LogP contribution in [0.25, 0.3) is 0 Å². The summed E-state index contributed by atoms with van der Waals surface area (Å²) >= 11 is 0. The zero-order valence-corrected chi connectivity index (χ0v) is 9.73. The van der Waals surface area contributed by atoms with Gasteiger partial charge in [0.1, 0.15) is 5.69 Å². The molecule has 1 rings (SSSR count). The molecule has 0 aliphatic carbocycles. The molecule has 0 spiro atoms. The number of halogens is 3. The Bertz CT molecular complexity index is 338. The van der Waals surface area contributed by atoms with Crippen LogP contribution < -0.4 is 0 Å². The zero-order chi connectivity index (χ0) is 12.4. The van der Waals surface area contributed by atoms with Crippen molar-refractivity contribution in [2.75, 3.05) is 0 Å². The number of rotatable bonds is 3. The molecule has 0 fully saturated rings. The first-order valence-corrected chi connectivity index (χ1v) is 5.27. The first kappa shape index (κ1) is 13.0. The Morgan fingerprint density at radius 3 is 2.19 bits per heavy atom. The maximum Gasteiger partial charge on any atom is 0.433 e. The van der Waals surface area contributed by atoms with E-state index in [1.807, 2.05) is 0 Å². The number of alkyl halides is 3. The highest BCUT2D eigenvalue weighted by molar-refractivity contribution is 5.17. The van der Waals surface area contributed by atoms with Crippen LogP contribution in [-0.4, -0.2) is 4.98 Å². The summed E-state index contributed by atoms with van der Waals surface area (Å²) in [5.74, 6) is 0. The van der Waals surface area contributed by atoms with Gasteiger partial charge in [-0.05, 0) is 23.5 Å². The minimum absolute atomic E-state index is 0.0986. The van der Waals surface area contributed by atoms with Crippen molar-refractivity contribution in [1.82, 2.24) is 4.98 Å². The van der Waals surface area contributed by atoms with Crippen molar-refractivity contribution in [3.8, 4) is 0 Å². The monoisotopic (exact) mass is 231 g/mol. The summed E-state index contributed by atoms with van der Waals surface area (Å²) in [5, 5.41) is 0. The molecule has 0 radical (unpaired) electrons. The quantitative estimate of drug-likeness (QED) is 0.763. The van der Waals surface area contributed by atoms with Gasteiger partial charge in [0, 0.05) is 6.20 Å². The van der Waals surface area contributed by atoms with Gasteiger partial charge in [-0.15, -0.1) is 0 Å². The van der Waals surface area contributed by atoms with Gasteiger partial charge in [-0.2, -0.15) is 13.2 Å². The van der Waals surface area contributed by atoms with E-state index in [2.05, 4.69) is 25.8 Å². The number of nitrogens with zero attached hydrogens (tertiary/aromatic N) is 1. The fraction of sp³-hybridized carbons (Fsp3) is 0.583. The molecule has 0 unspecified atom stereocenters. The van der Waals surface area contributed by atoms with E-state index in [-0.39, 0.29) is 5.41 Å². The van der Waals surface area contributed by atoms with Crippen molar-refractivity contribution >= 4 is 0 Å². The van der Waals surface area contributed by atoms with E-state index in [4.69, 9.17) is 0 Å². The molecule has 4 heteroatoms. The van der Waals surface area contributed by atoms with Gasteiger partial charge in [0.15, 0.2) is 0 Å². The molecule has 90 valence electrons. The maximum absolute atomic E-state index is 12.3. The van der Waals surface area contributed by atoms with E-state index in [0.717, 1.165) is 24.5 Å². The average molecular weight is 231 g/mol. The second kappa shape index (κ2) is 4.44. The SMILES string of the molecule is CCC(C)(C)Cc1ccc(C(F)(F)F)nc1. The molecule has 0 aliphatic heterocycles. The highest BCUT2D eigenvalue weighted by Crippen LogP contribution is 2.29. The van der Waals surface area contributed by atoms with Crippen LogP contribution in [0.4, 0.5) is 13.2 Å². The van der Waals surface area contributed by atoms with E-state index in [0.29, 0.717) is 0 Å². The van der Waals surface area contributed by atoms with Gasteiger partial charge < -0.3 is 0 Å². The van der Waals surface area contributed by atoms with Crippen molar-refractivity contribution in [2.24, 2.45) is 5.41 Å². The van der Waals surface area contributed by atoms with Crippen LogP contribution in [0.1, 0.15) is 38.4 Å². The standard InChI is InChI=1S/C12H16F3N/c1-4-11(2,3)7-9-5-6-10(16-8-9)12(13,14)15/h5-6,8H,4,7H2,1-3H3. The normalized spacial score (nSPS) is 12.9. The molecule has 0 saturated heterocycles. The summed E-state index contributed by atoms with van der Waals surface area (Å²) < 4.78 is 36.8. The van der Waals surface area contributed by atoms with Crippen LogP contribution in [0.15, 0.2) is 18.3 Å². The Labute approximate surface area is 93.7 Å². The second-order valence-corrected chi connectivity index (χ2v) is 4.74. The first-order valence-electron chi connectivity index (χ1n) is 5.27. The zero-order valence-electron chi connectivity index (χ0n) is 9.73. The molecule has 16 heavy (non-hydrogen) atoms. The van der Waals surface area contributed by atoms with Gasteiger partial charge >= 0.3 is 6.18 Å². The number of pyridine rings is 1. The number of aromatic nitrogens is 1. The summed E-state index contributed by atoms with van der Waals surface area (Å²) in [6.45, 7) is 6.24. The lowest BCUT2D eigenvalue weighted by atomic mass is 9.84. The Morgan fingerprint density at radius 1 is 1.19 bits per heavy atom. The molecule has 1 heterocycles. The number of hydrogen-bond acceptors (Lipinski definition) is 1. The molecule has 1 nitrogen and oxygen atoms in total.